The number of hydrogen-bond acceptors (Lipinski definition) is 0. The zero-order valence-corrected chi connectivity index (χ0v) is 9.52. The molecule has 0 fully saturated rings. The van der Waals surface area contributed by atoms with E-state index in [0.29, 0.717) is 10.0 Å². The van der Waals surface area contributed by atoms with Crippen LogP contribution in [-0.4, -0.2) is 0 Å². The predicted octanol–water partition coefficient (Wildman–Crippen LogP) is 4.38. The lowest BCUT2D eigenvalue weighted by Gasteiger charge is -2.06. The Morgan fingerprint density at radius 2 is 1.73 bits per heavy atom. The van der Waals surface area contributed by atoms with Gasteiger partial charge in [-0.1, -0.05) is 53.5 Å². The molecule has 1 radical (unpaired) electrons. The highest BCUT2D eigenvalue weighted by atomic mass is 35.5. The molecule has 0 bridgehead atoms. The van der Waals surface area contributed by atoms with Crippen LogP contribution in [0.15, 0.2) is 42.5 Å². The highest BCUT2D eigenvalue weighted by molar-refractivity contribution is 6.36. The second kappa shape index (κ2) is 4.69. The van der Waals surface area contributed by atoms with Crippen molar-refractivity contribution in [2.24, 2.45) is 0 Å². The molecule has 0 amide bonds. The van der Waals surface area contributed by atoms with E-state index in [1.165, 1.54) is 0 Å². The van der Waals surface area contributed by atoms with Crippen molar-refractivity contribution in [2.75, 3.05) is 0 Å². The molecular formula is C13H9Cl2. The van der Waals surface area contributed by atoms with Crippen LogP contribution in [-0.2, 0) is 6.42 Å². The summed E-state index contributed by atoms with van der Waals surface area (Å²) >= 11 is 12.2. The molecule has 0 saturated carbocycles. The van der Waals surface area contributed by atoms with Crippen LogP contribution in [0.25, 0.3) is 0 Å². The van der Waals surface area contributed by atoms with E-state index in [0.717, 1.165) is 17.5 Å². The van der Waals surface area contributed by atoms with Gasteiger partial charge in [0.25, 0.3) is 0 Å². The highest BCUT2D eigenvalue weighted by Gasteiger charge is 2.05. The molecule has 2 heteroatoms. The van der Waals surface area contributed by atoms with Crippen molar-refractivity contribution < 1.29 is 0 Å². The van der Waals surface area contributed by atoms with E-state index in [1.807, 2.05) is 42.5 Å². The molecule has 15 heavy (non-hydrogen) atoms. The number of halogens is 2. The Morgan fingerprint density at radius 1 is 1.00 bits per heavy atom. The maximum absolute atomic E-state index is 6.08. The standard InChI is InChI=1S/C13H9Cl2/c14-12-7-4-8-13(15)11(12)9-10-5-2-1-3-6-10/h1-2,4-8H,9H2. The Hall–Kier alpha value is -0.980. The third kappa shape index (κ3) is 2.53. The molecule has 0 aliphatic heterocycles. The number of hydrogen-bond donors (Lipinski definition) is 0. The summed E-state index contributed by atoms with van der Waals surface area (Å²) in [6.07, 6.45) is 0.746. The third-order valence-electron chi connectivity index (χ3n) is 2.21. The molecule has 0 aliphatic carbocycles. The van der Waals surface area contributed by atoms with Crippen LogP contribution < -0.4 is 0 Å². The number of rotatable bonds is 2. The molecule has 75 valence electrons. The maximum atomic E-state index is 6.08. The normalized spacial score (nSPS) is 10.3. The van der Waals surface area contributed by atoms with Gasteiger partial charge in [-0.25, -0.2) is 0 Å². The first-order chi connectivity index (χ1) is 7.27. The third-order valence-corrected chi connectivity index (χ3v) is 2.92. The largest absolute Gasteiger partial charge is 0.0840 e. The Labute approximate surface area is 99.5 Å². The topological polar surface area (TPSA) is 0 Å². The fraction of sp³-hybridized carbons (Fsp3) is 0.0769. The van der Waals surface area contributed by atoms with Crippen LogP contribution in [0, 0.1) is 6.07 Å². The van der Waals surface area contributed by atoms with E-state index in [2.05, 4.69) is 6.07 Å². The summed E-state index contributed by atoms with van der Waals surface area (Å²) in [6.45, 7) is 0. The first-order valence-electron chi connectivity index (χ1n) is 4.65. The molecule has 2 aromatic carbocycles. The van der Waals surface area contributed by atoms with Crippen molar-refractivity contribution in [3.8, 4) is 0 Å². The lowest BCUT2D eigenvalue weighted by molar-refractivity contribution is 1.19. The van der Waals surface area contributed by atoms with Gasteiger partial charge in [0.15, 0.2) is 0 Å². The van der Waals surface area contributed by atoms with Gasteiger partial charge in [-0.15, -0.1) is 0 Å². The second-order valence-corrected chi connectivity index (χ2v) is 4.10. The lowest BCUT2D eigenvalue weighted by atomic mass is 10.1. The minimum absolute atomic E-state index is 0.714. The molecule has 0 aromatic heterocycles. The zero-order chi connectivity index (χ0) is 10.7. The van der Waals surface area contributed by atoms with Gasteiger partial charge >= 0.3 is 0 Å². The van der Waals surface area contributed by atoms with E-state index >= 15 is 0 Å². The van der Waals surface area contributed by atoms with Crippen LogP contribution >= 0.6 is 23.2 Å². The molecule has 0 aliphatic rings. The molecule has 0 spiro atoms. The molecule has 0 heterocycles. The van der Waals surface area contributed by atoms with Gasteiger partial charge in [0, 0.05) is 16.5 Å². The van der Waals surface area contributed by atoms with Crippen LogP contribution in [0.5, 0.6) is 0 Å². The van der Waals surface area contributed by atoms with Gasteiger partial charge in [0.2, 0.25) is 0 Å². The Bertz CT molecular complexity index is 429. The minimum Gasteiger partial charge on any atom is -0.0840 e. The SMILES string of the molecule is Clc1cccc(Cl)c1Cc1c[c]ccc1. The highest BCUT2D eigenvalue weighted by Crippen LogP contribution is 2.26. The maximum Gasteiger partial charge on any atom is 0.0456 e. The van der Waals surface area contributed by atoms with Crippen molar-refractivity contribution >= 4 is 23.2 Å². The van der Waals surface area contributed by atoms with Gasteiger partial charge in [-0.05, 0) is 29.3 Å². The van der Waals surface area contributed by atoms with Gasteiger partial charge < -0.3 is 0 Å². The van der Waals surface area contributed by atoms with Crippen molar-refractivity contribution in [3.63, 3.8) is 0 Å². The van der Waals surface area contributed by atoms with Crippen molar-refractivity contribution in [2.45, 2.75) is 6.42 Å². The predicted molar refractivity (Wildman–Crippen MR) is 64.5 cm³/mol. The van der Waals surface area contributed by atoms with E-state index in [4.69, 9.17) is 23.2 Å². The summed E-state index contributed by atoms with van der Waals surface area (Å²) < 4.78 is 0. The Morgan fingerprint density at radius 3 is 2.33 bits per heavy atom. The first kappa shape index (κ1) is 10.5. The van der Waals surface area contributed by atoms with Crippen molar-refractivity contribution in [3.05, 3.63) is 69.7 Å². The lowest BCUT2D eigenvalue weighted by Crippen LogP contribution is -1.90. The summed E-state index contributed by atoms with van der Waals surface area (Å²) in [5.74, 6) is 0. The molecule has 0 atom stereocenters. The van der Waals surface area contributed by atoms with Crippen molar-refractivity contribution in [1.82, 2.24) is 0 Å². The van der Waals surface area contributed by atoms with E-state index in [-0.39, 0.29) is 0 Å². The molecule has 2 rings (SSSR count). The van der Waals surface area contributed by atoms with Gasteiger partial charge in [-0.3, -0.25) is 0 Å². The van der Waals surface area contributed by atoms with Gasteiger partial charge in [0.05, 0.1) is 0 Å². The van der Waals surface area contributed by atoms with Crippen LogP contribution in [0.3, 0.4) is 0 Å². The Balaban J connectivity index is 2.32. The smallest absolute Gasteiger partial charge is 0.0456 e. The van der Waals surface area contributed by atoms with E-state index in [9.17, 15) is 0 Å². The summed E-state index contributed by atoms with van der Waals surface area (Å²) in [4.78, 5) is 0. The Kier molecular flexibility index (Phi) is 3.30. The van der Waals surface area contributed by atoms with Gasteiger partial charge in [-0.2, -0.15) is 0 Å². The average Bonchev–Trinajstić information content (AvgIpc) is 2.25. The molecule has 0 saturated heterocycles. The quantitative estimate of drug-likeness (QED) is 0.725. The first-order valence-corrected chi connectivity index (χ1v) is 5.41. The zero-order valence-electron chi connectivity index (χ0n) is 8.00. The fourth-order valence-corrected chi connectivity index (χ4v) is 1.98. The molecule has 0 N–H and O–H groups in total. The molecule has 0 nitrogen and oxygen atoms in total. The van der Waals surface area contributed by atoms with Crippen LogP contribution in [0.2, 0.25) is 10.0 Å². The van der Waals surface area contributed by atoms with Crippen LogP contribution in [0.4, 0.5) is 0 Å². The molecule has 2 aromatic rings. The average molecular weight is 236 g/mol. The van der Waals surface area contributed by atoms with Gasteiger partial charge in [0.1, 0.15) is 0 Å². The van der Waals surface area contributed by atoms with Crippen molar-refractivity contribution in [1.29, 1.82) is 0 Å². The van der Waals surface area contributed by atoms with Crippen LogP contribution in [0.1, 0.15) is 11.1 Å². The summed E-state index contributed by atoms with van der Waals surface area (Å²) in [6, 6.07) is 16.4. The second-order valence-electron chi connectivity index (χ2n) is 3.29. The monoisotopic (exact) mass is 235 g/mol. The fourth-order valence-electron chi connectivity index (χ4n) is 1.45. The van der Waals surface area contributed by atoms with E-state index < -0.39 is 0 Å². The summed E-state index contributed by atoms with van der Waals surface area (Å²) in [5.41, 5.74) is 2.13. The summed E-state index contributed by atoms with van der Waals surface area (Å²) in [5, 5.41) is 1.43. The van der Waals surface area contributed by atoms with E-state index in [1.54, 1.807) is 0 Å². The molecular weight excluding hydrogens is 227 g/mol. The molecule has 0 unspecified atom stereocenters. The minimum atomic E-state index is 0.714. The number of benzene rings is 2. The summed E-state index contributed by atoms with van der Waals surface area (Å²) in [7, 11) is 0.